The monoisotopic (exact) mass is 400 g/mol. The van der Waals surface area contributed by atoms with Crippen molar-refractivity contribution in [3.05, 3.63) is 37.9 Å². The third kappa shape index (κ3) is 3.46. The Morgan fingerprint density at radius 3 is 2.20 bits per heavy atom. The van der Waals surface area contributed by atoms with E-state index >= 15 is 0 Å². The Morgan fingerprint density at radius 2 is 1.80 bits per heavy atom. The first-order valence-corrected chi connectivity index (χ1v) is 6.20. The summed E-state index contributed by atoms with van der Waals surface area (Å²) in [6, 6.07) is 6.90. The van der Waals surface area contributed by atoms with Crippen LogP contribution in [0, 0.1) is 0 Å². The van der Waals surface area contributed by atoms with Gasteiger partial charge in [-0.05, 0) is 56.2 Å². The fraction of sp³-hybridized carbons (Fsp3) is 0.100. The highest BCUT2D eigenvalue weighted by Gasteiger charge is 2.06. The van der Waals surface area contributed by atoms with Crippen LogP contribution in [0.25, 0.3) is 5.03 Å². The van der Waals surface area contributed by atoms with E-state index in [1.54, 1.807) is 24.3 Å². The molecule has 0 radical (unpaired) electrons. The highest BCUT2D eigenvalue weighted by Crippen LogP contribution is 2.30. The number of rotatable bonds is 2. The van der Waals surface area contributed by atoms with Gasteiger partial charge in [-0.3, -0.25) is 0 Å². The quantitative estimate of drug-likeness (QED) is 0.549. The number of hydrogen-bond donors (Lipinski definition) is 0. The Bertz CT molecular complexity index is 396. The maximum absolute atomic E-state index is 11.2. The second kappa shape index (κ2) is 5.86. The van der Waals surface area contributed by atoms with E-state index in [4.69, 9.17) is 11.6 Å². The first kappa shape index (κ1) is 13.0. The summed E-state index contributed by atoms with van der Waals surface area (Å²) in [4.78, 5) is 11.2. The molecule has 1 rings (SSSR count). The van der Waals surface area contributed by atoms with Crippen molar-refractivity contribution in [2.75, 3.05) is 7.11 Å². The summed E-state index contributed by atoms with van der Waals surface area (Å²) in [5.74, 6) is -0.352. The second-order valence-corrected chi connectivity index (χ2v) is 6.38. The maximum Gasteiger partial charge on any atom is 0.337 e. The van der Waals surface area contributed by atoms with Gasteiger partial charge in [-0.2, -0.15) is 0 Å². The third-order valence-electron chi connectivity index (χ3n) is 1.73. The molecule has 1 aromatic rings. The van der Waals surface area contributed by atoms with E-state index < -0.39 is 0 Å². The molecule has 0 aliphatic rings. The fourth-order valence-corrected chi connectivity index (χ4v) is 1.65. The molecular formula is C10H7BrClIO2. The molecule has 1 aromatic carbocycles. The lowest BCUT2D eigenvalue weighted by atomic mass is 10.1. The molecular weight excluding hydrogens is 394 g/mol. The zero-order valence-electron chi connectivity index (χ0n) is 7.76. The molecule has 0 aliphatic heterocycles. The lowest BCUT2D eigenvalue weighted by molar-refractivity contribution is 0.0601. The van der Waals surface area contributed by atoms with Gasteiger partial charge in [0.05, 0.1) is 20.2 Å². The summed E-state index contributed by atoms with van der Waals surface area (Å²) in [6.45, 7) is 0. The van der Waals surface area contributed by atoms with Gasteiger partial charge in [0.25, 0.3) is 0 Å². The minimum atomic E-state index is -0.352. The smallest absolute Gasteiger partial charge is 0.337 e. The highest BCUT2D eigenvalue weighted by atomic mass is 127. The van der Waals surface area contributed by atoms with Crippen molar-refractivity contribution in [1.29, 1.82) is 0 Å². The number of halogens is 3. The first-order chi connectivity index (χ1) is 7.06. The van der Waals surface area contributed by atoms with Gasteiger partial charge in [0, 0.05) is 0 Å². The minimum Gasteiger partial charge on any atom is -0.465 e. The van der Waals surface area contributed by atoms with Crippen molar-refractivity contribution >= 4 is 61.1 Å². The molecule has 0 saturated heterocycles. The summed E-state index contributed by atoms with van der Waals surface area (Å²) in [7, 11) is 1.35. The molecule has 0 saturated carbocycles. The van der Waals surface area contributed by atoms with E-state index in [0.29, 0.717) is 10.6 Å². The second-order valence-electron chi connectivity index (χ2n) is 2.64. The molecule has 0 heterocycles. The minimum absolute atomic E-state index is 0.352. The van der Waals surface area contributed by atoms with E-state index in [9.17, 15) is 4.79 Å². The van der Waals surface area contributed by atoms with Crippen LogP contribution in [0.3, 0.4) is 0 Å². The van der Waals surface area contributed by atoms with Gasteiger partial charge in [-0.15, -0.1) is 0 Å². The summed E-state index contributed by atoms with van der Waals surface area (Å²) < 4.78 is 5.42. The Morgan fingerprint density at radius 1 is 1.33 bits per heavy atom. The molecule has 0 N–H and O–H groups in total. The standard InChI is InChI=1S/C10H7BrClIO2/c1-15-10(14)7-4-2-6(3-5-7)8(12)9(11)13/h2-5H,1H3. The van der Waals surface area contributed by atoms with Crippen molar-refractivity contribution in [2.45, 2.75) is 0 Å². The molecule has 15 heavy (non-hydrogen) atoms. The number of esters is 1. The predicted molar refractivity (Wildman–Crippen MR) is 73.5 cm³/mol. The Balaban J connectivity index is 3.01. The number of carbonyl (C=O) groups is 1. The average molecular weight is 401 g/mol. The average Bonchev–Trinajstić information content (AvgIpc) is 2.27. The van der Waals surface area contributed by atoms with Crippen molar-refractivity contribution in [1.82, 2.24) is 0 Å². The van der Waals surface area contributed by atoms with Crippen LogP contribution in [0.4, 0.5) is 0 Å². The van der Waals surface area contributed by atoms with Crippen molar-refractivity contribution in [3.8, 4) is 0 Å². The van der Waals surface area contributed by atoms with E-state index in [1.165, 1.54) is 7.11 Å². The zero-order chi connectivity index (χ0) is 11.4. The molecule has 0 bridgehead atoms. The van der Waals surface area contributed by atoms with Gasteiger partial charge >= 0.3 is 5.97 Å². The van der Waals surface area contributed by atoms with E-state index in [0.717, 1.165) is 8.05 Å². The predicted octanol–water partition coefficient (Wildman–Crippen LogP) is 4.17. The zero-order valence-corrected chi connectivity index (χ0v) is 12.3. The Labute approximate surface area is 115 Å². The Hall–Kier alpha value is -0.0700. The fourth-order valence-electron chi connectivity index (χ4n) is 0.980. The largest absolute Gasteiger partial charge is 0.465 e. The van der Waals surface area contributed by atoms with E-state index in [1.807, 2.05) is 0 Å². The molecule has 0 aromatic heterocycles. The number of hydrogen-bond acceptors (Lipinski definition) is 2. The molecule has 0 amide bonds. The summed E-state index contributed by atoms with van der Waals surface area (Å²) >= 11 is 11.4. The lowest BCUT2D eigenvalue weighted by Crippen LogP contribution is -2.00. The molecule has 0 unspecified atom stereocenters. The van der Waals surface area contributed by atoms with Crippen LogP contribution in [0.15, 0.2) is 26.8 Å². The van der Waals surface area contributed by atoms with Crippen molar-refractivity contribution in [2.24, 2.45) is 0 Å². The topological polar surface area (TPSA) is 26.3 Å². The Kier molecular flexibility index (Phi) is 5.08. The van der Waals surface area contributed by atoms with Crippen LogP contribution < -0.4 is 0 Å². The molecule has 0 atom stereocenters. The molecule has 5 heteroatoms. The third-order valence-corrected chi connectivity index (χ3v) is 3.62. The summed E-state index contributed by atoms with van der Waals surface area (Å²) in [5.41, 5.74) is 1.36. The number of benzene rings is 1. The molecule has 0 fully saturated rings. The van der Waals surface area contributed by atoms with Gasteiger partial charge in [-0.1, -0.05) is 23.7 Å². The summed E-state index contributed by atoms with van der Waals surface area (Å²) in [5, 5.41) is 0.618. The van der Waals surface area contributed by atoms with E-state index in [2.05, 4.69) is 43.3 Å². The van der Waals surface area contributed by atoms with Crippen molar-refractivity contribution in [3.63, 3.8) is 0 Å². The molecule has 0 aliphatic carbocycles. The SMILES string of the molecule is COC(=O)c1ccc(C(Cl)=C(Br)I)cc1. The van der Waals surface area contributed by atoms with Crippen LogP contribution >= 0.6 is 50.1 Å². The summed E-state index contributed by atoms with van der Waals surface area (Å²) in [6.07, 6.45) is 0. The number of ether oxygens (including phenoxy) is 1. The van der Waals surface area contributed by atoms with Gasteiger partial charge in [0.2, 0.25) is 0 Å². The van der Waals surface area contributed by atoms with Crippen LogP contribution in [-0.2, 0) is 4.74 Å². The van der Waals surface area contributed by atoms with Gasteiger partial charge < -0.3 is 4.74 Å². The number of carbonyl (C=O) groups excluding carboxylic acids is 1. The van der Waals surface area contributed by atoms with Crippen LogP contribution in [0.2, 0.25) is 0 Å². The van der Waals surface area contributed by atoms with Gasteiger partial charge in [0.1, 0.15) is 0 Å². The van der Waals surface area contributed by atoms with Crippen LogP contribution in [0.5, 0.6) is 0 Å². The molecule has 2 nitrogen and oxygen atoms in total. The molecule has 80 valence electrons. The molecule has 0 spiro atoms. The number of methoxy groups -OCH3 is 1. The van der Waals surface area contributed by atoms with Gasteiger partial charge in [0.15, 0.2) is 0 Å². The van der Waals surface area contributed by atoms with Crippen LogP contribution in [0.1, 0.15) is 15.9 Å². The lowest BCUT2D eigenvalue weighted by Gasteiger charge is -2.02. The highest BCUT2D eigenvalue weighted by molar-refractivity contribution is 14.1. The first-order valence-electron chi connectivity index (χ1n) is 3.95. The normalized spacial score (nSPS) is 12.0. The van der Waals surface area contributed by atoms with Crippen LogP contribution in [-0.4, -0.2) is 13.1 Å². The van der Waals surface area contributed by atoms with E-state index in [-0.39, 0.29) is 5.97 Å². The van der Waals surface area contributed by atoms with Crippen molar-refractivity contribution < 1.29 is 9.53 Å². The maximum atomic E-state index is 11.2. The van der Waals surface area contributed by atoms with Gasteiger partial charge in [-0.25, -0.2) is 4.79 Å².